The Morgan fingerprint density at radius 2 is 2.07 bits per heavy atom. The van der Waals surface area contributed by atoms with Gasteiger partial charge in [0.15, 0.2) is 5.82 Å². The molecule has 142 valence electrons. The van der Waals surface area contributed by atoms with E-state index >= 15 is 0 Å². The molecule has 7 heteroatoms. The van der Waals surface area contributed by atoms with Crippen molar-refractivity contribution in [3.05, 3.63) is 65.4 Å². The first kappa shape index (κ1) is 18.0. The Morgan fingerprint density at radius 3 is 2.86 bits per heavy atom. The zero-order chi connectivity index (χ0) is 19.5. The first-order valence-electron chi connectivity index (χ1n) is 9.38. The van der Waals surface area contributed by atoms with Gasteiger partial charge in [0.2, 0.25) is 0 Å². The summed E-state index contributed by atoms with van der Waals surface area (Å²) in [5, 5.41) is 6.35. The fourth-order valence-electron chi connectivity index (χ4n) is 3.34. The third kappa shape index (κ3) is 3.69. The van der Waals surface area contributed by atoms with Gasteiger partial charge in [0, 0.05) is 54.4 Å². The van der Waals surface area contributed by atoms with Crippen LogP contribution in [0.1, 0.15) is 34.2 Å². The average molecular weight is 374 g/mol. The highest BCUT2D eigenvalue weighted by Gasteiger charge is 2.25. The van der Waals surface area contributed by atoms with Crippen LogP contribution < -0.4 is 10.6 Å². The molecule has 4 rings (SSSR count). The van der Waals surface area contributed by atoms with Gasteiger partial charge in [-0.3, -0.25) is 14.8 Å². The minimum absolute atomic E-state index is 0.0966. The predicted molar refractivity (Wildman–Crippen MR) is 107 cm³/mol. The van der Waals surface area contributed by atoms with Crippen LogP contribution in [-0.4, -0.2) is 38.4 Å². The molecule has 0 saturated heterocycles. The van der Waals surface area contributed by atoms with Crippen molar-refractivity contribution in [2.75, 3.05) is 11.9 Å². The third-order valence-electron chi connectivity index (χ3n) is 4.80. The first-order chi connectivity index (χ1) is 13.6. The number of carbonyl (C=O) groups is 1. The molecule has 0 aliphatic carbocycles. The SMILES string of the molecule is Cc1cccnc1CC(C)Nc1nc(-c2cccnc2)nc2c1CCNC2=O. The summed E-state index contributed by atoms with van der Waals surface area (Å²) < 4.78 is 0. The highest BCUT2D eigenvalue weighted by Crippen LogP contribution is 2.25. The number of carbonyl (C=O) groups excluding carboxylic acids is 1. The number of rotatable bonds is 5. The molecule has 1 amide bonds. The van der Waals surface area contributed by atoms with Crippen molar-refractivity contribution in [3.8, 4) is 11.4 Å². The number of hydrogen-bond acceptors (Lipinski definition) is 6. The highest BCUT2D eigenvalue weighted by molar-refractivity contribution is 5.96. The summed E-state index contributed by atoms with van der Waals surface area (Å²) in [5.41, 5.74) is 4.29. The predicted octanol–water partition coefficient (Wildman–Crippen LogP) is 2.57. The Bertz CT molecular complexity index is 1010. The van der Waals surface area contributed by atoms with Gasteiger partial charge >= 0.3 is 0 Å². The van der Waals surface area contributed by atoms with Crippen molar-refractivity contribution in [2.24, 2.45) is 0 Å². The minimum Gasteiger partial charge on any atom is -0.367 e. The molecule has 1 aliphatic heterocycles. The van der Waals surface area contributed by atoms with E-state index in [9.17, 15) is 4.79 Å². The molecule has 1 aliphatic rings. The fourth-order valence-corrected chi connectivity index (χ4v) is 3.34. The molecule has 4 heterocycles. The molecule has 0 fully saturated rings. The lowest BCUT2D eigenvalue weighted by Crippen LogP contribution is -2.34. The highest BCUT2D eigenvalue weighted by atomic mass is 16.1. The van der Waals surface area contributed by atoms with Crippen LogP contribution in [0.4, 0.5) is 5.82 Å². The molecule has 28 heavy (non-hydrogen) atoms. The molecule has 0 spiro atoms. The van der Waals surface area contributed by atoms with Crippen LogP contribution >= 0.6 is 0 Å². The van der Waals surface area contributed by atoms with Gasteiger partial charge in [-0.15, -0.1) is 0 Å². The van der Waals surface area contributed by atoms with E-state index in [1.807, 2.05) is 24.4 Å². The molecular weight excluding hydrogens is 352 g/mol. The van der Waals surface area contributed by atoms with E-state index < -0.39 is 0 Å². The van der Waals surface area contributed by atoms with Crippen LogP contribution in [0.15, 0.2) is 42.9 Å². The Hall–Kier alpha value is -3.35. The maximum atomic E-state index is 12.4. The molecule has 1 atom stereocenters. The lowest BCUT2D eigenvalue weighted by Gasteiger charge is -2.22. The average Bonchev–Trinajstić information content (AvgIpc) is 2.71. The van der Waals surface area contributed by atoms with E-state index in [0.29, 0.717) is 30.3 Å². The number of nitrogens with one attached hydrogen (secondary N) is 2. The lowest BCUT2D eigenvalue weighted by atomic mass is 10.0. The molecule has 7 nitrogen and oxygen atoms in total. The molecule has 2 N–H and O–H groups in total. The molecule has 1 unspecified atom stereocenters. The van der Waals surface area contributed by atoms with Gasteiger partial charge < -0.3 is 10.6 Å². The Balaban J connectivity index is 1.68. The standard InChI is InChI=1S/C21H22N6O/c1-13-5-3-9-23-17(13)11-14(2)25-20-16-7-10-24-21(28)18(16)26-19(27-20)15-6-4-8-22-12-15/h3-6,8-9,12,14H,7,10-11H2,1-2H3,(H,24,28)(H,25,26,27). The van der Waals surface area contributed by atoms with Crippen molar-refractivity contribution in [1.82, 2.24) is 25.3 Å². The van der Waals surface area contributed by atoms with E-state index in [2.05, 4.69) is 45.5 Å². The monoisotopic (exact) mass is 374 g/mol. The van der Waals surface area contributed by atoms with Gasteiger partial charge in [-0.05, 0) is 44.0 Å². The largest absolute Gasteiger partial charge is 0.367 e. The second-order valence-corrected chi connectivity index (χ2v) is 6.99. The number of aromatic nitrogens is 4. The van der Waals surface area contributed by atoms with E-state index in [1.54, 1.807) is 12.4 Å². The minimum atomic E-state index is -0.162. The topological polar surface area (TPSA) is 92.7 Å². The van der Waals surface area contributed by atoms with Crippen molar-refractivity contribution < 1.29 is 4.79 Å². The maximum Gasteiger partial charge on any atom is 0.270 e. The second-order valence-electron chi connectivity index (χ2n) is 6.99. The molecule has 0 bridgehead atoms. The van der Waals surface area contributed by atoms with Gasteiger partial charge in [0.25, 0.3) is 5.91 Å². The quantitative estimate of drug-likeness (QED) is 0.713. The molecule has 3 aromatic heterocycles. The first-order valence-corrected chi connectivity index (χ1v) is 9.38. The number of anilines is 1. The molecule has 3 aromatic rings. The Morgan fingerprint density at radius 1 is 1.21 bits per heavy atom. The van der Waals surface area contributed by atoms with Crippen LogP contribution in [0.2, 0.25) is 0 Å². The van der Waals surface area contributed by atoms with Gasteiger partial charge in [-0.1, -0.05) is 6.07 Å². The van der Waals surface area contributed by atoms with Crippen LogP contribution in [0.5, 0.6) is 0 Å². The van der Waals surface area contributed by atoms with Crippen LogP contribution in [0.3, 0.4) is 0 Å². The van der Waals surface area contributed by atoms with E-state index in [4.69, 9.17) is 4.98 Å². The summed E-state index contributed by atoms with van der Waals surface area (Å²) in [6.45, 7) is 4.74. The van der Waals surface area contributed by atoms with Gasteiger partial charge in [-0.2, -0.15) is 0 Å². The Labute approximate surface area is 163 Å². The van der Waals surface area contributed by atoms with Crippen molar-refractivity contribution >= 4 is 11.7 Å². The van der Waals surface area contributed by atoms with E-state index in [-0.39, 0.29) is 11.9 Å². The molecule has 0 aromatic carbocycles. The zero-order valence-electron chi connectivity index (χ0n) is 15.9. The molecule has 0 radical (unpaired) electrons. The smallest absolute Gasteiger partial charge is 0.270 e. The van der Waals surface area contributed by atoms with Gasteiger partial charge in [-0.25, -0.2) is 9.97 Å². The van der Waals surface area contributed by atoms with Gasteiger partial charge in [0.1, 0.15) is 11.5 Å². The van der Waals surface area contributed by atoms with Crippen LogP contribution in [-0.2, 0) is 12.8 Å². The van der Waals surface area contributed by atoms with Crippen molar-refractivity contribution in [1.29, 1.82) is 0 Å². The number of nitrogens with zero attached hydrogens (tertiary/aromatic N) is 4. The number of fused-ring (bicyclic) bond motifs is 1. The molecule has 0 saturated carbocycles. The summed E-state index contributed by atoms with van der Waals surface area (Å²) in [7, 11) is 0. The van der Waals surface area contributed by atoms with Crippen LogP contribution in [0.25, 0.3) is 11.4 Å². The Kier molecular flexibility index (Phi) is 4.97. The number of aryl methyl sites for hydroxylation is 1. The summed E-state index contributed by atoms with van der Waals surface area (Å²) in [4.78, 5) is 30.3. The van der Waals surface area contributed by atoms with Crippen LogP contribution in [0, 0.1) is 6.92 Å². The van der Waals surface area contributed by atoms with Gasteiger partial charge in [0.05, 0.1) is 0 Å². The zero-order valence-corrected chi connectivity index (χ0v) is 15.9. The van der Waals surface area contributed by atoms with Crippen molar-refractivity contribution in [3.63, 3.8) is 0 Å². The molecular formula is C21H22N6O. The summed E-state index contributed by atoms with van der Waals surface area (Å²) in [6, 6.07) is 7.82. The van der Waals surface area contributed by atoms with E-state index in [0.717, 1.165) is 28.8 Å². The third-order valence-corrected chi connectivity index (χ3v) is 4.80. The van der Waals surface area contributed by atoms with Crippen molar-refractivity contribution in [2.45, 2.75) is 32.7 Å². The second kappa shape index (κ2) is 7.72. The summed E-state index contributed by atoms with van der Waals surface area (Å²) >= 11 is 0. The number of amides is 1. The fraction of sp³-hybridized carbons (Fsp3) is 0.286. The summed E-state index contributed by atoms with van der Waals surface area (Å²) in [6.07, 6.45) is 6.68. The summed E-state index contributed by atoms with van der Waals surface area (Å²) in [5.74, 6) is 1.04. The van der Waals surface area contributed by atoms with E-state index in [1.165, 1.54) is 0 Å². The maximum absolute atomic E-state index is 12.4. The normalized spacial score (nSPS) is 14.1. The lowest BCUT2D eigenvalue weighted by molar-refractivity contribution is 0.0940. The number of hydrogen-bond donors (Lipinski definition) is 2. The number of pyridine rings is 2.